The molecule has 0 spiro atoms. The van der Waals surface area contributed by atoms with Gasteiger partial charge in [0.15, 0.2) is 17.4 Å². The van der Waals surface area contributed by atoms with Crippen LogP contribution in [0.25, 0.3) is 10.9 Å². The minimum atomic E-state index is -1.53. The van der Waals surface area contributed by atoms with Crippen LogP contribution in [0, 0.1) is 11.6 Å². The van der Waals surface area contributed by atoms with Crippen molar-refractivity contribution in [2.75, 3.05) is 18.0 Å². The van der Waals surface area contributed by atoms with Crippen LogP contribution in [0.2, 0.25) is 0 Å². The molecule has 1 aliphatic carbocycles. The Morgan fingerprint density at radius 3 is 2.36 bits per heavy atom. The average molecular weight is 393 g/mol. The molecule has 1 saturated carbocycles. The molecular formula is C18H17F2N3O5. The van der Waals surface area contributed by atoms with Gasteiger partial charge < -0.3 is 24.9 Å². The van der Waals surface area contributed by atoms with Gasteiger partial charge in [0.05, 0.1) is 16.6 Å². The summed E-state index contributed by atoms with van der Waals surface area (Å²) in [6.45, 7) is 0.331. The minimum absolute atomic E-state index is 0.166. The maximum atomic E-state index is 15.5. The molecule has 1 saturated heterocycles. The van der Waals surface area contributed by atoms with Gasteiger partial charge in [0.1, 0.15) is 11.3 Å². The highest BCUT2D eigenvalue weighted by atomic mass is 19.1. The lowest BCUT2D eigenvalue weighted by atomic mass is 10.0. The highest BCUT2D eigenvalue weighted by Crippen LogP contribution is 2.43. The molecule has 148 valence electrons. The van der Waals surface area contributed by atoms with E-state index in [1.165, 1.54) is 9.47 Å². The van der Waals surface area contributed by atoms with E-state index < -0.39 is 45.4 Å². The zero-order chi connectivity index (χ0) is 20.2. The van der Waals surface area contributed by atoms with Crippen LogP contribution in [0.5, 0.6) is 5.75 Å². The monoisotopic (exact) mass is 393 g/mol. The van der Waals surface area contributed by atoms with E-state index in [1.807, 2.05) is 0 Å². The van der Waals surface area contributed by atoms with Crippen LogP contribution >= 0.6 is 0 Å². The molecule has 0 bridgehead atoms. The number of fused-ring (bicyclic) bond motifs is 1. The van der Waals surface area contributed by atoms with E-state index >= 15 is 4.39 Å². The molecule has 1 aliphatic heterocycles. The van der Waals surface area contributed by atoms with Crippen LogP contribution in [0.1, 0.15) is 42.1 Å². The van der Waals surface area contributed by atoms with Crippen LogP contribution in [0.4, 0.5) is 14.5 Å². The molecule has 1 aromatic carbocycles. The van der Waals surface area contributed by atoms with Gasteiger partial charge in [0.2, 0.25) is 5.43 Å². The fourth-order valence-electron chi connectivity index (χ4n) is 3.67. The molecule has 8 nitrogen and oxygen atoms in total. The number of carbonyl (C=O) groups is 1. The molecule has 2 heterocycles. The fraction of sp³-hybridized carbons (Fsp3) is 0.389. The molecule has 3 N–H and O–H groups in total. The number of carboxylic acid groups (broad SMARTS) is 1. The number of hydrogen-bond acceptors (Lipinski definition) is 6. The number of carboxylic acids is 1. The van der Waals surface area contributed by atoms with E-state index in [2.05, 4.69) is 5.16 Å². The molecule has 0 unspecified atom stereocenters. The van der Waals surface area contributed by atoms with E-state index in [0.29, 0.717) is 31.4 Å². The van der Waals surface area contributed by atoms with Gasteiger partial charge in [0.25, 0.3) is 0 Å². The Hall–Kier alpha value is -3.17. The Balaban J connectivity index is 2.00. The number of aromatic hydroxyl groups is 1. The first-order valence-corrected chi connectivity index (χ1v) is 8.82. The summed E-state index contributed by atoms with van der Waals surface area (Å²) in [6.07, 6.45) is 2.96. The lowest BCUT2D eigenvalue weighted by Gasteiger charge is -2.30. The summed E-state index contributed by atoms with van der Waals surface area (Å²) in [5.74, 6) is -4.92. The Bertz CT molecular complexity index is 1080. The zero-order valence-corrected chi connectivity index (χ0v) is 14.7. The molecule has 28 heavy (non-hydrogen) atoms. The van der Waals surface area contributed by atoms with Gasteiger partial charge in [-0.15, -0.1) is 0 Å². The largest absolute Gasteiger partial charge is 0.504 e. The fourth-order valence-corrected chi connectivity index (χ4v) is 3.67. The topological polar surface area (TPSA) is 115 Å². The number of benzene rings is 1. The maximum absolute atomic E-state index is 15.5. The van der Waals surface area contributed by atoms with E-state index in [1.54, 1.807) is 0 Å². The second-order valence-corrected chi connectivity index (χ2v) is 7.02. The van der Waals surface area contributed by atoms with Crippen molar-refractivity contribution in [1.82, 2.24) is 4.57 Å². The molecular weight excluding hydrogens is 376 g/mol. The molecule has 10 heteroatoms. The summed E-state index contributed by atoms with van der Waals surface area (Å²) in [7, 11) is 0. The van der Waals surface area contributed by atoms with Crippen molar-refractivity contribution in [3.05, 3.63) is 33.6 Å². The van der Waals surface area contributed by atoms with E-state index in [4.69, 9.17) is 5.21 Å². The molecule has 2 fully saturated rings. The number of aromatic carboxylic acids is 1. The number of phenols is 1. The number of rotatable bonds is 3. The van der Waals surface area contributed by atoms with Gasteiger partial charge in [-0.2, -0.15) is 0 Å². The number of nitrogens with zero attached hydrogens (tertiary/aromatic N) is 3. The Kier molecular flexibility index (Phi) is 4.20. The number of aromatic nitrogens is 1. The molecule has 2 aliphatic rings. The smallest absolute Gasteiger partial charge is 0.341 e. The summed E-state index contributed by atoms with van der Waals surface area (Å²) in [5, 5.41) is 30.9. The summed E-state index contributed by atoms with van der Waals surface area (Å²) in [5.41, 5.74) is -2.05. The number of pyridine rings is 1. The Morgan fingerprint density at radius 1 is 1.18 bits per heavy atom. The number of anilines is 1. The highest BCUT2D eigenvalue weighted by molar-refractivity contribution is 5.97. The van der Waals surface area contributed by atoms with Crippen LogP contribution in [-0.2, 0) is 0 Å². The van der Waals surface area contributed by atoms with Crippen LogP contribution < -0.4 is 10.3 Å². The first kappa shape index (κ1) is 18.2. The number of piperidine rings is 1. The highest BCUT2D eigenvalue weighted by Gasteiger charge is 2.34. The summed E-state index contributed by atoms with van der Waals surface area (Å²) >= 11 is 0. The normalized spacial score (nSPS) is 17.2. The van der Waals surface area contributed by atoms with Crippen molar-refractivity contribution in [3.63, 3.8) is 0 Å². The van der Waals surface area contributed by atoms with Gasteiger partial charge in [-0.1, -0.05) is 5.16 Å². The van der Waals surface area contributed by atoms with Crippen molar-refractivity contribution in [3.8, 4) is 5.75 Å². The molecule has 0 radical (unpaired) electrons. The predicted molar refractivity (Wildman–Crippen MR) is 95.7 cm³/mol. The summed E-state index contributed by atoms with van der Waals surface area (Å²) in [4.78, 5) is 25.3. The van der Waals surface area contributed by atoms with Crippen molar-refractivity contribution >= 4 is 28.3 Å². The summed E-state index contributed by atoms with van der Waals surface area (Å²) in [6, 6.07) is -0.220. The quantitative estimate of drug-likeness (QED) is 0.545. The second kappa shape index (κ2) is 6.47. The van der Waals surface area contributed by atoms with E-state index in [0.717, 1.165) is 6.20 Å². The number of halogens is 2. The molecule has 1 aromatic heterocycles. The molecule has 4 rings (SSSR count). The number of oxime groups is 1. The summed E-state index contributed by atoms with van der Waals surface area (Å²) < 4.78 is 31.7. The van der Waals surface area contributed by atoms with Gasteiger partial charge in [-0.05, 0) is 12.8 Å². The number of hydrogen-bond donors (Lipinski definition) is 3. The Labute approximate surface area is 156 Å². The minimum Gasteiger partial charge on any atom is -0.504 e. The third-order valence-corrected chi connectivity index (χ3v) is 5.27. The van der Waals surface area contributed by atoms with E-state index in [9.17, 15) is 24.2 Å². The first-order chi connectivity index (χ1) is 13.3. The lowest BCUT2D eigenvalue weighted by molar-refractivity contribution is 0.0695. The first-order valence-electron chi connectivity index (χ1n) is 8.82. The predicted octanol–water partition coefficient (Wildman–Crippen LogP) is 2.45. The van der Waals surface area contributed by atoms with Gasteiger partial charge >= 0.3 is 5.97 Å². The number of phenolic OH excluding ortho intramolecular Hbond substituents is 1. The second-order valence-electron chi connectivity index (χ2n) is 7.02. The Morgan fingerprint density at radius 2 is 1.82 bits per heavy atom. The third kappa shape index (κ3) is 2.67. The zero-order valence-electron chi connectivity index (χ0n) is 14.7. The van der Waals surface area contributed by atoms with Gasteiger partial charge in [-0.3, -0.25) is 4.79 Å². The van der Waals surface area contributed by atoms with Crippen LogP contribution in [-0.4, -0.2) is 44.8 Å². The van der Waals surface area contributed by atoms with Crippen LogP contribution in [0.3, 0.4) is 0 Å². The van der Waals surface area contributed by atoms with E-state index in [-0.39, 0.29) is 24.6 Å². The lowest BCUT2D eigenvalue weighted by Crippen LogP contribution is -2.35. The van der Waals surface area contributed by atoms with Gasteiger partial charge in [0, 0.05) is 38.2 Å². The SMILES string of the molecule is O=C(O)c1cn(C2CC2)c2c(F)c(N3CCC(=NO)CC3)c(F)c(O)c2c1=O. The standard InChI is InChI=1S/C18H17F2N3O5/c19-12-14-11(16(24)10(18(26)27)7-23(14)9-1-2-9)17(25)13(20)15(12)22-5-3-8(21-28)4-6-22/h7,9,25,28H,1-6H2,(H,26,27). The van der Waals surface area contributed by atoms with Crippen molar-refractivity contribution in [1.29, 1.82) is 0 Å². The van der Waals surface area contributed by atoms with Crippen molar-refractivity contribution in [2.24, 2.45) is 5.16 Å². The maximum Gasteiger partial charge on any atom is 0.341 e. The molecule has 0 atom stereocenters. The van der Waals surface area contributed by atoms with Gasteiger partial charge in [-0.25, -0.2) is 13.6 Å². The molecule has 0 amide bonds. The van der Waals surface area contributed by atoms with Crippen LogP contribution in [0.15, 0.2) is 16.1 Å². The average Bonchev–Trinajstić information content (AvgIpc) is 3.51. The molecule has 2 aromatic rings. The van der Waals surface area contributed by atoms with Crippen molar-refractivity contribution < 1.29 is 29.0 Å². The third-order valence-electron chi connectivity index (χ3n) is 5.27. The van der Waals surface area contributed by atoms with Crippen molar-refractivity contribution in [2.45, 2.75) is 31.7 Å².